The molecule has 0 saturated carbocycles. The van der Waals surface area contributed by atoms with Gasteiger partial charge in [-0.05, 0) is 12.5 Å². The summed E-state index contributed by atoms with van der Waals surface area (Å²) >= 11 is 0. The van der Waals surface area contributed by atoms with Crippen molar-refractivity contribution in [1.29, 1.82) is 0 Å². The molecular formula is C22H20O9. The second kappa shape index (κ2) is 6.79. The van der Waals surface area contributed by atoms with Gasteiger partial charge in [-0.2, -0.15) is 0 Å². The number of carbonyl (C=O) groups excluding carboxylic acids is 3. The zero-order valence-corrected chi connectivity index (χ0v) is 16.7. The molecule has 3 atom stereocenters. The molecule has 2 aliphatic rings. The van der Waals surface area contributed by atoms with Crippen molar-refractivity contribution in [2.75, 3.05) is 7.11 Å². The minimum atomic E-state index is -1.84. The van der Waals surface area contributed by atoms with Crippen LogP contribution in [-0.2, 0) is 9.53 Å². The first kappa shape index (κ1) is 20.8. The molecule has 2 aromatic carbocycles. The number of aliphatic hydroxyl groups is 2. The summed E-state index contributed by atoms with van der Waals surface area (Å²) in [5.41, 5.74) is -4.23. The van der Waals surface area contributed by atoms with Crippen LogP contribution in [0.25, 0.3) is 0 Å². The fraction of sp³-hybridized carbons (Fsp3) is 0.318. The smallest absolute Gasteiger partial charge is 0.316 e. The lowest BCUT2D eigenvalue weighted by Gasteiger charge is -2.42. The summed E-state index contributed by atoms with van der Waals surface area (Å²) in [6, 6.07) is 3.83. The SMILES string of the molecule is CC[C@@]1(O)C[C@@H](O)c2c(O)c3c(c(O)c2[C@@H]1C(=O)OC)C(=O)c1cccc(O)c1C3=O. The molecule has 9 nitrogen and oxygen atoms in total. The van der Waals surface area contributed by atoms with Gasteiger partial charge in [0.05, 0.1) is 35.5 Å². The third-order valence-electron chi connectivity index (χ3n) is 6.25. The molecule has 2 aromatic rings. The van der Waals surface area contributed by atoms with Gasteiger partial charge in [0.1, 0.15) is 23.2 Å². The standard InChI is InChI=1S/C22H20O9/c1-3-22(30)7-10(24)12-13(16(22)21(29)31-2)20(28)14-15(19(12)27)18(26)11-8(17(14)25)5-4-6-9(11)23/h4-6,10,16,23-24,27-28,30H,3,7H2,1-2H3/t10-,16-,22-/m1/s1. The van der Waals surface area contributed by atoms with Gasteiger partial charge in [-0.3, -0.25) is 14.4 Å². The summed E-state index contributed by atoms with van der Waals surface area (Å²) in [6.07, 6.45) is -1.94. The highest BCUT2D eigenvalue weighted by Crippen LogP contribution is 2.56. The molecule has 0 amide bonds. The third-order valence-corrected chi connectivity index (χ3v) is 6.25. The molecule has 0 fully saturated rings. The fourth-order valence-corrected chi connectivity index (χ4v) is 4.69. The number of phenolic OH excluding ortho intramolecular Hbond substituents is 3. The minimum absolute atomic E-state index is 0.00979. The van der Waals surface area contributed by atoms with E-state index in [1.807, 2.05) is 0 Å². The Balaban J connectivity index is 2.11. The van der Waals surface area contributed by atoms with Gasteiger partial charge in [0.25, 0.3) is 0 Å². The van der Waals surface area contributed by atoms with E-state index in [-0.39, 0.29) is 35.1 Å². The molecule has 0 unspecified atom stereocenters. The first-order chi connectivity index (χ1) is 14.6. The van der Waals surface area contributed by atoms with Crippen molar-refractivity contribution < 1.29 is 44.7 Å². The van der Waals surface area contributed by atoms with Gasteiger partial charge in [0.15, 0.2) is 5.78 Å². The van der Waals surface area contributed by atoms with Gasteiger partial charge < -0.3 is 30.3 Å². The summed E-state index contributed by atoms with van der Waals surface area (Å²) in [5, 5.41) is 53.8. The lowest BCUT2D eigenvalue weighted by atomic mass is 9.66. The summed E-state index contributed by atoms with van der Waals surface area (Å²) in [5.74, 6) is -6.33. The maximum Gasteiger partial charge on any atom is 0.316 e. The van der Waals surface area contributed by atoms with E-state index in [1.54, 1.807) is 6.92 Å². The molecular weight excluding hydrogens is 408 g/mol. The molecule has 0 heterocycles. The van der Waals surface area contributed by atoms with Gasteiger partial charge >= 0.3 is 5.97 Å². The van der Waals surface area contributed by atoms with Crippen LogP contribution in [0.1, 0.15) is 74.8 Å². The van der Waals surface area contributed by atoms with E-state index in [1.165, 1.54) is 18.2 Å². The molecule has 0 radical (unpaired) electrons. The number of hydrogen-bond acceptors (Lipinski definition) is 9. The summed E-state index contributed by atoms with van der Waals surface area (Å²) in [6.45, 7) is 1.57. The Morgan fingerprint density at radius 1 is 1.06 bits per heavy atom. The first-order valence-electron chi connectivity index (χ1n) is 9.60. The van der Waals surface area contributed by atoms with Crippen LogP contribution in [0.5, 0.6) is 17.2 Å². The molecule has 0 bridgehead atoms. The van der Waals surface area contributed by atoms with E-state index in [2.05, 4.69) is 0 Å². The van der Waals surface area contributed by atoms with E-state index in [9.17, 15) is 39.9 Å². The maximum atomic E-state index is 13.1. The van der Waals surface area contributed by atoms with E-state index < -0.39 is 63.5 Å². The van der Waals surface area contributed by atoms with Gasteiger partial charge in [0.2, 0.25) is 5.78 Å². The fourth-order valence-electron chi connectivity index (χ4n) is 4.69. The lowest BCUT2D eigenvalue weighted by Crippen LogP contribution is -2.46. The van der Waals surface area contributed by atoms with E-state index in [4.69, 9.17) is 4.74 Å². The van der Waals surface area contributed by atoms with E-state index in [0.717, 1.165) is 7.11 Å². The number of methoxy groups -OCH3 is 1. The number of phenols is 3. The zero-order valence-electron chi connectivity index (χ0n) is 16.7. The van der Waals surface area contributed by atoms with Crippen molar-refractivity contribution in [3.05, 3.63) is 51.6 Å². The van der Waals surface area contributed by atoms with Crippen LogP contribution in [-0.4, -0.2) is 55.8 Å². The molecule has 162 valence electrons. The van der Waals surface area contributed by atoms with Gasteiger partial charge in [0, 0.05) is 23.1 Å². The van der Waals surface area contributed by atoms with Gasteiger partial charge in [-0.25, -0.2) is 0 Å². The number of benzene rings is 2. The molecule has 0 spiro atoms. The molecule has 2 aliphatic carbocycles. The molecule has 9 heteroatoms. The Labute approximate surface area is 176 Å². The highest BCUT2D eigenvalue weighted by molar-refractivity contribution is 6.31. The number of aliphatic hydroxyl groups excluding tert-OH is 1. The van der Waals surface area contributed by atoms with Crippen LogP contribution in [0.4, 0.5) is 0 Å². The summed E-state index contributed by atoms with van der Waals surface area (Å²) in [4.78, 5) is 38.8. The van der Waals surface area contributed by atoms with E-state index in [0.29, 0.717) is 0 Å². The summed E-state index contributed by atoms with van der Waals surface area (Å²) < 4.78 is 4.78. The third kappa shape index (κ3) is 2.60. The summed E-state index contributed by atoms with van der Waals surface area (Å²) in [7, 11) is 1.08. The maximum absolute atomic E-state index is 13.1. The predicted octanol–water partition coefficient (Wildman–Crippen LogP) is 1.41. The number of fused-ring (bicyclic) bond motifs is 3. The number of ether oxygens (including phenoxy) is 1. The minimum Gasteiger partial charge on any atom is -0.507 e. The van der Waals surface area contributed by atoms with Crippen molar-refractivity contribution >= 4 is 17.5 Å². The lowest BCUT2D eigenvalue weighted by molar-refractivity contribution is -0.153. The number of aromatic hydroxyl groups is 3. The largest absolute Gasteiger partial charge is 0.507 e. The van der Waals surface area contributed by atoms with Crippen LogP contribution in [0, 0.1) is 0 Å². The normalized spacial score (nSPS) is 24.3. The Bertz CT molecular complexity index is 1170. The Morgan fingerprint density at radius 2 is 1.68 bits per heavy atom. The van der Waals surface area contributed by atoms with Gasteiger partial charge in [-0.1, -0.05) is 19.1 Å². The topological polar surface area (TPSA) is 162 Å². The predicted molar refractivity (Wildman–Crippen MR) is 104 cm³/mol. The Hall–Kier alpha value is -3.43. The number of rotatable bonds is 2. The average molecular weight is 428 g/mol. The molecule has 4 rings (SSSR count). The molecule has 0 aliphatic heterocycles. The van der Waals surface area contributed by atoms with Crippen molar-refractivity contribution in [2.24, 2.45) is 0 Å². The number of hydrogen-bond donors (Lipinski definition) is 5. The van der Waals surface area contributed by atoms with Crippen molar-refractivity contribution in [3.8, 4) is 17.2 Å². The molecule has 0 aromatic heterocycles. The number of esters is 1. The Morgan fingerprint density at radius 3 is 2.29 bits per heavy atom. The van der Waals surface area contributed by atoms with Gasteiger partial charge in [-0.15, -0.1) is 0 Å². The monoisotopic (exact) mass is 428 g/mol. The second-order valence-electron chi connectivity index (χ2n) is 7.77. The van der Waals surface area contributed by atoms with Crippen LogP contribution < -0.4 is 0 Å². The second-order valence-corrected chi connectivity index (χ2v) is 7.77. The van der Waals surface area contributed by atoms with E-state index >= 15 is 0 Å². The molecule has 31 heavy (non-hydrogen) atoms. The molecule has 0 saturated heterocycles. The highest BCUT2D eigenvalue weighted by atomic mass is 16.5. The van der Waals surface area contributed by atoms with Crippen molar-refractivity contribution in [1.82, 2.24) is 0 Å². The Kier molecular flexibility index (Phi) is 4.56. The number of ketones is 2. The number of carbonyl (C=O) groups is 3. The average Bonchev–Trinajstić information content (AvgIpc) is 2.73. The van der Waals surface area contributed by atoms with Crippen LogP contribution in [0.3, 0.4) is 0 Å². The van der Waals surface area contributed by atoms with Crippen LogP contribution in [0.15, 0.2) is 18.2 Å². The zero-order chi connectivity index (χ0) is 22.8. The highest BCUT2D eigenvalue weighted by Gasteiger charge is 2.53. The quantitative estimate of drug-likeness (QED) is 0.300. The van der Waals surface area contributed by atoms with Crippen LogP contribution in [0.2, 0.25) is 0 Å². The first-order valence-corrected chi connectivity index (χ1v) is 9.60. The molecule has 5 N–H and O–H groups in total. The van der Waals surface area contributed by atoms with Crippen molar-refractivity contribution in [2.45, 2.75) is 37.4 Å². The van der Waals surface area contributed by atoms with Crippen LogP contribution >= 0.6 is 0 Å². The van der Waals surface area contributed by atoms with Crippen molar-refractivity contribution in [3.63, 3.8) is 0 Å².